The summed E-state index contributed by atoms with van der Waals surface area (Å²) in [5.41, 5.74) is 0.785. The number of benzene rings is 2. The molecule has 0 radical (unpaired) electrons. The van der Waals surface area contributed by atoms with Gasteiger partial charge in [-0.25, -0.2) is 8.42 Å². The van der Waals surface area contributed by atoms with E-state index in [4.69, 9.17) is 27.9 Å². The lowest BCUT2D eigenvalue weighted by Gasteiger charge is -2.33. The van der Waals surface area contributed by atoms with Gasteiger partial charge in [-0.2, -0.15) is 0 Å². The van der Waals surface area contributed by atoms with E-state index in [1.165, 1.54) is 4.90 Å². The number of carbonyl (C=O) groups is 2. The number of hydrogen-bond donors (Lipinski definition) is 1. The number of rotatable bonds is 11. The molecule has 0 aliphatic heterocycles. The van der Waals surface area contributed by atoms with Crippen LogP contribution in [-0.2, 0) is 26.2 Å². The van der Waals surface area contributed by atoms with Crippen LogP contribution in [-0.4, -0.2) is 56.6 Å². The van der Waals surface area contributed by atoms with Gasteiger partial charge >= 0.3 is 0 Å². The molecule has 208 valence electrons. The average molecular weight is 585 g/mol. The van der Waals surface area contributed by atoms with Crippen molar-refractivity contribution in [2.45, 2.75) is 64.6 Å². The monoisotopic (exact) mass is 583 g/mol. The van der Waals surface area contributed by atoms with Gasteiger partial charge in [0, 0.05) is 28.2 Å². The molecule has 8 nitrogen and oxygen atoms in total. The van der Waals surface area contributed by atoms with E-state index in [9.17, 15) is 18.0 Å². The van der Waals surface area contributed by atoms with Crippen LogP contribution in [0, 0.1) is 0 Å². The van der Waals surface area contributed by atoms with Crippen LogP contribution in [0.25, 0.3) is 0 Å². The number of nitrogens with one attached hydrogen (secondary N) is 1. The van der Waals surface area contributed by atoms with E-state index in [1.807, 2.05) is 6.92 Å². The maximum Gasteiger partial charge on any atom is 0.244 e. The summed E-state index contributed by atoms with van der Waals surface area (Å²) in [4.78, 5) is 28.3. The molecule has 1 atom stereocenters. The van der Waals surface area contributed by atoms with Crippen LogP contribution in [0.1, 0.15) is 51.5 Å². The summed E-state index contributed by atoms with van der Waals surface area (Å²) in [6, 6.07) is 10.6. The Balaban J connectivity index is 1.90. The van der Waals surface area contributed by atoms with Crippen LogP contribution in [0.2, 0.25) is 10.0 Å². The van der Waals surface area contributed by atoms with E-state index < -0.39 is 28.5 Å². The van der Waals surface area contributed by atoms with Crippen LogP contribution < -0.4 is 14.4 Å². The minimum atomic E-state index is -3.84. The quantitative estimate of drug-likeness (QED) is 0.400. The van der Waals surface area contributed by atoms with E-state index in [-0.39, 0.29) is 18.5 Å². The molecule has 38 heavy (non-hydrogen) atoms. The van der Waals surface area contributed by atoms with Crippen LogP contribution >= 0.6 is 23.2 Å². The Morgan fingerprint density at radius 1 is 1.05 bits per heavy atom. The molecule has 11 heteroatoms. The fourth-order valence-corrected chi connectivity index (χ4v) is 5.86. The Labute approximate surface area is 235 Å². The van der Waals surface area contributed by atoms with Gasteiger partial charge in [-0.1, -0.05) is 48.5 Å². The topological polar surface area (TPSA) is 96.0 Å². The van der Waals surface area contributed by atoms with Gasteiger partial charge < -0.3 is 15.0 Å². The summed E-state index contributed by atoms with van der Waals surface area (Å²) in [5, 5.41) is 3.76. The zero-order valence-corrected chi connectivity index (χ0v) is 24.3. The van der Waals surface area contributed by atoms with Crippen molar-refractivity contribution in [1.82, 2.24) is 10.2 Å². The Bertz CT molecular complexity index is 1200. The number of carbonyl (C=O) groups excluding carboxylic acids is 2. The highest BCUT2D eigenvalue weighted by molar-refractivity contribution is 7.92. The van der Waals surface area contributed by atoms with Gasteiger partial charge in [0.2, 0.25) is 21.8 Å². The van der Waals surface area contributed by atoms with Gasteiger partial charge in [-0.3, -0.25) is 13.9 Å². The molecule has 0 spiro atoms. The molecule has 2 amide bonds. The molecule has 2 aromatic rings. The van der Waals surface area contributed by atoms with Gasteiger partial charge in [0.15, 0.2) is 0 Å². The Morgan fingerprint density at radius 3 is 2.21 bits per heavy atom. The minimum absolute atomic E-state index is 0.0518. The van der Waals surface area contributed by atoms with Crippen molar-refractivity contribution in [3.05, 3.63) is 58.1 Å². The van der Waals surface area contributed by atoms with Crippen molar-refractivity contribution < 1.29 is 22.7 Å². The summed E-state index contributed by atoms with van der Waals surface area (Å²) >= 11 is 12.8. The molecule has 1 unspecified atom stereocenters. The van der Waals surface area contributed by atoms with Crippen LogP contribution in [0.15, 0.2) is 42.5 Å². The lowest BCUT2D eigenvalue weighted by atomic mass is 9.95. The highest BCUT2D eigenvalue weighted by Gasteiger charge is 2.32. The number of sulfonamides is 1. The fourth-order valence-electron chi connectivity index (χ4n) is 4.49. The molecule has 0 saturated heterocycles. The van der Waals surface area contributed by atoms with Gasteiger partial charge in [-0.15, -0.1) is 0 Å². The SMILES string of the molecule is CCOc1ccc(N(CC(=O)N(Cc2c(Cl)cccc2Cl)C(C)C(=O)NC2CCCCC2)S(C)(=O)=O)cc1. The summed E-state index contributed by atoms with van der Waals surface area (Å²) in [6.07, 6.45) is 6.05. The van der Waals surface area contributed by atoms with E-state index in [2.05, 4.69) is 5.32 Å². The van der Waals surface area contributed by atoms with Crippen LogP contribution in [0.4, 0.5) is 5.69 Å². The van der Waals surface area contributed by atoms with Crippen molar-refractivity contribution in [1.29, 1.82) is 0 Å². The first-order valence-electron chi connectivity index (χ1n) is 12.7. The number of ether oxygens (including phenoxy) is 1. The fraction of sp³-hybridized carbons (Fsp3) is 0.481. The number of halogens is 2. The van der Waals surface area contributed by atoms with E-state index >= 15 is 0 Å². The molecular weight excluding hydrogens is 549 g/mol. The molecule has 0 aromatic heterocycles. The Kier molecular flexibility index (Phi) is 10.7. The molecule has 1 saturated carbocycles. The third kappa shape index (κ3) is 8.01. The van der Waals surface area contributed by atoms with Crippen molar-refractivity contribution in [3.63, 3.8) is 0 Å². The average Bonchev–Trinajstić information content (AvgIpc) is 2.87. The highest BCUT2D eigenvalue weighted by atomic mass is 35.5. The predicted octanol–water partition coefficient (Wildman–Crippen LogP) is 5.02. The van der Waals surface area contributed by atoms with Gasteiger partial charge in [0.1, 0.15) is 18.3 Å². The molecule has 1 aliphatic rings. The summed E-state index contributed by atoms with van der Waals surface area (Å²) < 4.78 is 31.9. The van der Waals surface area contributed by atoms with Crippen LogP contribution in [0.5, 0.6) is 5.75 Å². The second-order valence-corrected chi connectivity index (χ2v) is 12.2. The third-order valence-electron chi connectivity index (χ3n) is 6.62. The molecule has 0 heterocycles. The van der Waals surface area contributed by atoms with Gasteiger partial charge in [0.25, 0.3) is 0 Å². The second-order valence-electron chi connectivity index (χ2n) is 9.44. The first-order valence-corrected chi connectivity index (χ1v) is 15.3. The first kappa shape index (κ1) is 30.1. The minimum Gasteiger partial charge on any atom is -0.494 e. The van der Waals surface area contributed by atoms with E-state index in [0.717, 1.165) is 42.7 Å². The molecule has 1 N–H and O–H groups in total. The smallest absolute Gasteiger partial charge is 0.244 e. The van der Waals surface area contributed by atoms with E-state index in [0.29, 0.717) is 33.7 Å². The molecule has 1 aliphatic carbocycles. The van der Waals surface area contributed by atoms with Crippen LogP contribution in [0.3, 0.4) is 0 Å². The normalized spacial score (nSPS) is 15.0. The lowest BCUT2D eigenvalue weighted by molar-refractivity contribution is -0.139. The molecule has 2 aromatic carbocycles. The van der Waals surface area contributed by atoms with Crippen molar-refractivity contribution in [3.8, 4) is 5.75 Å². The largest absolute Gasteiger partial charge is 0.494 e. The number of hydrogen-bond acceptors (Lipinski definition) is 5. The van der Waals surface area contributed by atoms with Gasteiger partial charge in [-0.05, 0) is 63.1 Å². The summed E-state index contributed by atoms with van der Waals surface area (Å²) in [5.74, 6) is -0.286. The number of amides is 2. The van der Waals surface area contributed by atoms with Crippen molar-refractivity contribution >= 4 is 50.7 Å². The lowest BCUT2D eigenvalue weighted by Crippen LogP contribution is -2.53. The maximum atomic E-state index is 13.7. The van der Waals surface area contributed by atoms with E-state index in [1.54, 1.807) is 49.4 Å². The zero-order chi connectivity index (χ0) is 27.9. The Hall–Kier alpha value is -2.49. The Morgan fingerprint density at radius 2 is 1.66 bits per heavy atom. The van der Waals surface area contributed by atoms with Crippen molar-refractivity contribution in [2.24, 2.45) is 0 Å². The number of nitrogens with zero attached hydrogens (tertiary/aromatic N) is 2. The summed E-state index contributed by atoms with van der Waals surface area (Å²) in [7, 11) is -3.84. The first-order chi connectivity index (χ1) is 18.0. The molecular formula is C27H35Cl2N3O5S. The van der Waals surface area contributed by atoms with Crippen molar-refractivity contribution in [2.75, 3.05) is 23.7 Å². The predicted molar refractivity (Wildman–Crippen MR) is 151 cm³/mol. The standard InChI is InChI=1S/C27H35Cl2N3O5S/c1-4-37-22-15-13-21(14-16-22)32(38(3,35)36)18-26(33)31(17-23-24(28)11-8-12-25(23)29)19(2)27(34)30-20-9-6-5-7-10-20/h8,11-16,19-20H,4-7,9-10,17-18H2,1-3H3,(H,30,34). The number of anilines is 1. The summed E-state index contributed by atoms with van der Waals surface area (Å²) in [6.45, 7) is 3.38. The van der Waals surface area contributed by atoms with Gasteiger partial charge in [0.05, 0.1) is 18.6 Å². The molecule has 1 fully saturated rings. The zero-order valence-electron chi connectivity index (χ0n) is 22.0. The third-order valence-corrected chi connectivity index (χ3v) is 8.47. The molecule has 0 bridgehead atoms. The second kappa shape index (κ2) is 13.5. The maximum absolute atomic E-state index is 13.7. The highest BCUT2D eigenvalue weighted by Crippen LogP contribution is 2.28. The molecule has 3 rings (SSSR count).